The molecule has 34 heavy (non-hydrogen) atoms. The number of hydrogen-bond donors (Lipinski definition) is 2. The second-order valence-electron chi connectivity index (χ2n) is 9.90. The van der Waals surface area contributed by atoms with E-state index in [0.29, 0.717) is 16.8 Å². The van der Waals surface area contributed by atoms with Crippen molar-refractivity contribution >= 4 is 21.6 Å². The molecule has 180 valence electrons. The number of amides is 1. The summed E-state index contributed by atoms with van der Waals surface area (Å²) in [5.74, 6) is -0.324. The first-order valence-corrected chi connectivity index (χ1v) is 12.9. The van der Waals surface area contributed by atoms with Gasteiger partial charge in [-0.3, -0.25) is 9.52 Å². The van der Waals surface area contributed by atoms with E-state index in [-0.39, 0.29) is 22.3 Å². The van der Waals surface area contributed by atoms with Gasteiger partial charge in [-0.05, 0) is 79.1 Å². The number of carbonyl (C=O) groups is 1. The van der Waals surface area contributed by atoms with Crippen molar-refractivity contribution in [2.45, 2.75) is 64.8 Å². The maximum atomic E-state index is 13.2. The van der Waals surface area contributed by atoms with E-state index < -0.39 is 10.0 Å². The van der Waals surface area contributed by atoms with Gasteiger partial charge in [0.05, 0.1) is 16.6 Å². The zero-order valence-corrected chi connectivity index (χ0v) is 21.8. The van der Waals surface area contributed by atoms with Crippen molar-refractivity contribution in [2.24, 2.45) is 0 Å². The Labute approximate surface area is 203 Å². The molecule has 0 aliphatic rings. The van der Waals surface area contributed by atoms with Gasteiger partial charge in [0.2, 0.25) is 0 Å². The third kappa shape index (κ3) is 5.68. The lowest BCUT2D eigenvalue weighted by atomic mass is 9.86. The smallest absolute Gasteiger partial charge is 0.262 e. The molecule has 0 fully saturated rings. The van der Waals surface area contributed by atoms with E-state index in [0.717, 1.165) is 16.7 Å². The fourth-order valence-corrected chi connectivity index (χ4v) is 5.12. The molecule has 0 aromatic heterocycles. The van der Waals surface area contributed by atoms with Crippen LogP contribution in [0.3, 0.4) is 0 Å². The van der Waals surface area contributed by atoms with Crippen LogP contribution in [0.1, 0.15) is 71.9 Å². The molecule has 0 aliphatic heterocycles. The Bertz CT molecular complexity index is 1300. The topological polar surface area (TPSA) is 75.3 Å². The summed E-state index contributed by atoms with van der Waals surface area (Å²) in [6, 6.07) is 18.2. The molecule has 0 saturated heterocycles. The Balaban J connectivity index is 1.82. The highest BCUT2D eigenvalue weighted by Gasteiger charge is 2.21. The predicted molar refractivity (Wildman–Crippen MR) is 139 cm³/mol. The van der Waals surface area contributed by atoms with Gasteiger partial charge in [-0.25, -0.2) is 8.42 Å². The quantitative estimate of drug-likeness (QED) is 0.443. The average molecular weight is 479 g/mol. The van der Waals surface area contributed by atoms with Crippen molar-refractivity contribution in [2.75, 3.05) is 4.72 Å². The zero-order chi connectivity index (χ0) is 25.3. The molecule has 3 aromatic carbocycles. The number of nitrogens with one attached hydrogen (secondary N) is 2. The summed E-state index contributed by atoms with van der Waals surface area (Å²) in [5.41, 5.74) is 5.52. The molecular formula is C28H34N2O3S. The van der Waals surface area contributed by atoms with Crippen LogP contribution >= 0.6 is 0 Å². The van der Waals surface area contributed by atoms with Crippen LogP contribution in [0, 0.1) is 20.8 Å². The van der Waals surface area contributed by atoms with Crippen LogP contribution in [-0.4, -0.2) is 14.3 Å². The number of rotatable bonds is 6. The molecule has 3 rings (SSSR count). The highest BCUT2D eigenvalue weighted by atomic mass is 32.2. The number of sulfonamides is 1. The van der Waals surface area contributed by atoms with Crippen molar-refractivity contribution in [3.63, 3.8) is 0 Å². The molecule has 5 nitrogen and oxygen atoms in total. The minimum absolute atomic E-state index is 0.0554. The fraction of sp³-hybridized carbons (Fsp3) is 0.321. The van der Waals surface area contributed by atoms with Crippen LogP contribution in [-0.2, 0) is 15.4 Å². The van der Waals surface area contributed by atoms with Gasteiger partial charge < -0.3 is 5.32 Å². The lowest BCUT2D eigenvalue weighted by Gasteiger charge is -2.21. The number of aryl methyl sites for hydroxylation is 2. The molecule has 0 radical (unpaired) electrons. The summed E-state index contributed by atoms with van der Waals surface area (Å²) < 4.78 is 29.0. The monoisotopic (exact) mass is 478 g/mol. The lowest BCUT2D eigenvalue weighted by Crippen LogP contribution is -2.27. The van der Waals surface area contributed by atoms with Gasteiger partial charge in [-0.15, -0.1) is 0 Å². The molecule has 0 saturated carbocycles. The maximum absolute atomic E-state index is 13.2. The Hall–Kier alpha value is -3.12. The molecule has 0 aliphatic carbocycles. The first-order valence-electron chi connectivity index (χ1n) is 11.4. The van der Waals surface area contributed by atoms with Crippen LogP contribution in [0.15, 0.2) is 65.6 Å². The van der Waals surface area contributed by atoms with Crippen LogP contribution in [0.4, 0.5) is 5.69 Å². The fourth-order valence-electron chi connectivity index (χ4n) is 3.73. The number of benzene rings is 3. The van der Waals surface area contributed by atoms with Crippen molar-refractivity contribution in [1.29, 1.82) is 0 Å². The Morgan fingerprint density at radius 2 is 1.53 bits per heavy atom. The van der Waals surface area contributed by atoms with Crippen LogP contribution < -0.4 is 10.0 Å². The average Bonchev–Trinajstić information content (AvgIpc) is 2.76. The Kier molecular flexibility index (Phi) is 7.22. The highest BCUT2D eigenvalue weighted by molar-refractivity contribution is 7.92. The van der Waals surface area contributed by atoms with E-state index in [4.69, 9.17) is 0 Å². The molecular weight excluding hydrogens is 444 g/mol. The van der Waals surface area contributed by atoms with Gasteiger partial charge in [-0.2, -0.15) is 0 Å². The van der Waals surface area contributed by atoms with Crippen molar-refractivity contribution in [3.05, 3.63) is 94.0 Å². The van der Waals surface area contributed by atoms with E-state index in [2.05, 4.69) is 42.9 Å². The second-order valence-corrected chi connectivity index (χ2v) is 11.6. The van der Waals surface area contributed by atoms with E-state index in [1.54, 1.807) is 25.1 Å². The highest BCUT2D eigenvalue weighted by Crippen LogP contribution is 2.26. The van der Waals surface area contributed by atoms with E-state index in [1.165, 1.54) is 11.6 Å². The van der Waals surface area contributed by atoms with Crippen LogP contribution in [0.5, 0.6) is 0 Å². The second kappa shape index (κ2) is 9.63. The Morgan fingerprint density at radius 1 is 0.882 bits per heavy atom. The number of hydrogen-bond acceptors (Lipinski definition) is 3. The van der Waals surface area contributed by atoms with E-state index >= 15 is 0 Å². The summed E-state index contributed by atoms with van der Waals surface area (Å²) in [5, 5.41) is 2.98. The first kappa shape index (κ1) is 25.5. The largest absolute Gasteiger partial charge is 0.346 e. The third-order valence-corrected chi connectivity index (χ3v) is 7.72. The first-order chi connectivity index (χ1) is 15.8. The molecule has 3 aromatic rings. The molecule has 1 unspecified atom stereocenters. The van der Waals surface area contributed by atoms with E-state index in [1.807, 2.05) is 45.0 Å². The summed E-state index contributed by atoms with van der Waals surface area (Å²) in [4.78, 5) is 13.1. The minimum atomic E-state index is -3.87. The number of anilines is 1. The zero-order valence-electron chi connectivity index (χ0n) is 21.0. The SMILES string of the molecule is Cc1ccc(C(=O)NC(C)c2ccc(C(C)(C)C)cc2)cc1S(=O)(=O)Nc1cccc(C)c1C. The van der Waals surface area contributed by atoms with E-state index in [9.17, 15) is 13.2 Å². The minimum Gasteiger partial charge on any atom is -0.346 e. The third-order valence-electron chi connectivity index (χ3n) is 6.21. The molecule has 0 heterocycles. The summed E-state index contributed by atoms with van der Waals surface area (Å²) in [7, 11) is -3.87. The molecule has 1 atom stereocenters. The molecule has 2 N–H and O–H groups in total. The standard InChI is InChI=1S/C28H34N2O3S/c1-18-9-8-10-25(20(18)3)30-34(32,33)26-17-23(12-11-19(26)2)27(31)29-21(4)22-13-15-24(16-14-22)28(5,6)7/h8-17,21,30H,1-7H3,(H,29,31). The molecule has 0 bridgehead atoms. The predicted octanol–water partition coefficient (Wildman–Crippen LogP) is 6.20. The summed E-state index contributed by atoms with van der Waals surface area (Å²) >= 11 is 0. The Morgan fingerprint density at radius 3 is 2.15 bits per heavy atom. The summed E-state index contributed by atoms with van der Waals surface area (Å²) in [6.45, 7) is 13.9. The van der Waals surface area contributed by atoms with Crippen LogP contribution in [0.2, 0.25) is 0 Å². The van der Waals surface area contributed by atoms with Gasteiger partial charge in [0.25, 0.3) is 15.9 Å². The molecule has 0 spiro atoms. The maximum Gasteiger partial charge on any atom is 0.262 e. The molecule has 6 heteroatoms. The lowest BCUT2D eigenvalue weighted by molar-refractivity contribution is 0.0939. The van der Waals surface area contributed by atoms with Gasteiger partial charge in [-0.1, -0.05) is 63.2 Å². The van der Waals surface area contributed by atoms with Gasteiger partial charge in [0.1, 0.15) is 0 Å². The molecule has 1 amide bonds. The van der Waals surface area contributed by atoms with Crippen LogP contribution in [0.25, 0.3) is 0 Å². The summed E-state index contributed by atoms with van der Waals surface area (Å²) in [6.07, 6.45) is 0. The number of carbonyl (C=O) groups excluding carboxylic acids is 1. The normalized spacial score (nSPS) is 12.8. The van der Waals surface area contributed by atoms with Crippen molar-refractivity contribution in [1.82, 2.24) is 5.32 Å². The van der Waals surface area contributed by atoms with Gasteiger partial charge in [0.15, 0.2) is 0 Å². The van der Waals surface area contributed by atoms with Crippen molar-refractivity contribution < 1.29 is 13.2 Å². The van der Waals surface area contributed by atoms with Gasteiger partial charge in [0, 0.05) is 5.56 Å². The van der Waals surface area contributed by atoms with Gasteiger partial charge >= 0.3 is 0 Å². The van der Waals surface area contributed by atoms with Crippen molar-refractivity contribution in [3.8, 4) is 0 Å².